The molecule has 1 aromatic rings. The third-order valence-corrected chi connectivity index (χ3v) is 3.96. The molecule has 3 nitrogen and oxygen atoms in total. The van der Waals surface area contributed by atoms with Crippen LogP contribution in [0.4, 0.5) is 5.69 Å². The van der Waals surface area contributed by atoms with Crippen molar-refractivity contribution in [2.75, 3.05) is 5.32 Å². The van der Waals surface area contributed by atoms with Gasteiger partial charge in [0.1, 0.15) is 0 Å². The first-order valence-electron chi connectivity index (χ1n) is 5.57. The molecule has 1 aliphatic rings. The molecule has 1 heterocycles. The smallest absolute Gasteiger partial charge is 0.193 e. The van der Waals surface area contributed by atoms with Gasteiger partial charge in [0.15, 0.2) is 5.96 Å². The number of aliphatic imine (C=N–C) groups is 1. The Labute approximate surface area is 105 Å². The minimum absolute atomic E-state index is 0.388. The Morgan fingerprint density at radius 1 is 1.38 bits per heavy atom. The van der Waals surface area contributed by atoms with Gasteiger partial charge in [-0.05, 0) is 12.8 Å². The molecule has 0 amide bonds. The summed E-state index contributed by atoms with van der Waals surface area (Å²) in [6, 6.07) is 0.388. The lowest BCUT2D eigenvalue weighted by Gasteiger charge is -2.18. The molecule has 5 heteroatoms. The van der Waals surface area contributed by atoms with Gasteiger partial charge >= 0.3 is 0 Å². The predicted molar refractivity (Wildman–Crippen MR) is 71.4 cm³/mol. The summed E-state index contributed by atoms with van der Waals surface area (Å²) >= 11 is 7.51. The van der Waals surface area contributed by atoms with E-state index >= 15 is 0 Å². The summed E-state index contributed by atoms with van der Waals surface area (Å²) < 4.78 is 0. The molecule has 1 saturated carbocycles. The molecule has 1 fully saturated rings. The molecule has 1 aliphatic carbocycles. The average molecular weight is 258 g/mol. The van der Waals surface area contributed by atoms with E-state index in [1.165, 1.54) is 19.3 Å². The van der Waals surface area contributed by atoms with Gasteiger partial charge in [0.2, 0.25) is 0 Å². The number of anilines is 1. The van der Waals surface area contributed by atoms with Crippen LogP contribution in [0, 0.1) is 0 Å². The van der Waals surface area contributed by atoms with Crippen molar-refractivity contribution >= 4 is 34.6 Å². The highest BCUT2D eigenvalue weighted by atomic mass is 35.5. The second-order valence-corrected chi connectivity index (χ2v) is 5.22. The van der Waals surface area contributed by atoms with Crippen LogP contribution in [0.1, 0.15) is 32.1 Å². The van der Waals surface area contributed by atoms with Crippen LogP contribution in [0.15, 0.2) is 15.8 Å². The molecular weight excluding hydrogens is 242 g/mol. The van der Waals surface area contributed by atoms with Crippen LogP contribution in [0.3, 0.4) is 0 Å². The summed E-state index contributed by atoms with van der Waals surface area (Å²) in [7, 11) is 0. The quantitative estimate of drug-likeness (QED) is 0.630. The van der Waals surface area contributed by atoms with Crippen LogP contribution in [0.25, 0.3) is 0 Å². The maximum absolute atomic E-state index is 5.96. The van der Waals surface area contributed by atoms with E-state index in [1.54, 1.807) is 11.3 Å². The Balaban J connectivity index is 1.94. The highest BCUT2D eigenvalue weighted by Crippen LogP contribution is 2.26. The zero-order chi connectivity index (χ0) is 11.4. The van der Waals surface area contributed by atoms with E-state index in [-0.39, 0.29) is 0 Å². The van der Waals surface area contributed by atoms with Crippen molar-refractivity contribution in [3.8, 4) is 0 Å². The van der Waals surface area contributed by atoms with Crippen molar-refractivity contribution in [3.63, 3.8) is 0 Å². The van der Waals surface area contributed by atoms with Crippen molar-refractivity contribution in [2.24, 2.45) is 10.7 Å². The van der Waals surface area contributed by atoms with Gasteiger partial charge in [0.25, 0.3) is 0 Å². The van der Waals surface area contributed by atoms with Crippen LogP contribution in [-0.2, 0) is 0 Å². The number of nitrogens with one attached hydrogen (secondary N) is 1. The summed E-state index contributed by atoms with van der Waals surface area (Å²) in [6.07, 6.45) is 6.16. The fourth-order valence-electron chi connectivity index (χ4n) is 1.95. The molecule has 0 atom stereocenters. The number of thiophene rings is 1. The topological polar surface area (TPSA) is 50.4 Å². The molecule has 0 saturated heterocycles. The number of halogens is 1. The lowest BCUT2D eigenvalue weighted by molar-refractivity contribution is 0.443. The predicted octanol–water partition coefficient (Wildman–Crippen LogP) is 3.46. The number of nitrogens with zero attached hydrogens (tertiary/aromatic N) is 1. The first kappa shape index (κ1) is 11.7. The van der Waals surface area contributed by atoms with E-state index in [2.05, 4.69) is 10.3 Å². The van der Waals surface area contributed by atoms with Crippen LogP contribution in [-0.4, -0.2) is 12.0 Å². The minimum Gasteiger partial charge on any atom is -0.370 e. The van der Waals surface area contributed by atoms with E-state index in [4.69, 9.17) is 17.3 Å². The summed E-state index contributed by atoms with van der Waals surface area (Å²) in [5.74, 6) is 0.479. The van der Waals surface area contributed by atoms with Crippen LogP contribution < -0.4 is 11.1 Å². The monoisotopic (exact) mass is 257 g/mol. The maximum atomic E-state index is 5.96. The third kappa shape index (κ3) is 3.12. The fraction of sp³-hybridized carbons (Fsp3) is 0.545. The van der Waals surface area contributed by atoms with E-state index in [1.807, 2.05) is 10.8 Å². The lowest BCUT2D eigenvalue weighted by atomic mass is 9.96. The summed E-state index contributed by atoms with van der Waals surface area (Å²) in [4.78, 5) is 4.48. The molecule has 0 spiro atoms. The minimum atomic E-state index is 0.388. The fourth-order valence-corrected chi connectivity index (χ4v) is 2.91. The van der Waals surface area contributed by atoms with Crippen molar-refractivity contribution in [1.82, 2.24) is 0 Å². The second-order valence-electron chi connectivity index (χ2n) is 4.06. The maximum Gasteiger partial charge on any atom is 0.193 e. The van der Waals surface area contributed by atoms with Gasteiger partial charge in [-0.25, -0.2) is 4.99 Å². The number of hydrogen-bond acceptors (Lipinski definition) is 2. The Morgan fingerprint density at radius 3 is 2.75 bits per heavy atom. The normalized spacial score (nSPS) is 18.7. The Morgan fingerprint density at radius 2 is 2.12 bits per heavy atom. The third-order valence-electron chi connectivity index (χ3n) is 2.77. The zero-order valence-electron chi connectivity index (χ0n) is 9.08. The Bertz CT molecular complexity index is 369. The SMILES string of the molecule is NC(=NC1CCCCC1)Nc1cscc1Cl. The molecule has 3 N–H and O–H groups in total. The van der Waals surface area contributed by atoms with Crippen molar-refractivity contribution < 1.29 is 0 Å². The number of guanidine groups is 1. The van der Waals surface area contributed by atoms with Gasteiger partial charge in [-0.15, -0.1) is 11.3 Å². The van der Waals surface area contributed by atoms with Crippen molar-refractivity contribution in [3.05, 3.63) is 15.8 Å². The van der Waals surface area contributed by atoms with Gasteiger partial charge in [-0.2, -0.15) is 0 Å². The van der Waals surface area contributed by atoms with E-state index in [0.717, 1.165) is 18.5 Å². The van der Waals surface area contributed by atoms with Crippen LogP contribution in [0.2, 0.25) is 5.02 Å². The molecule has 0 bridgehead atoms. The first-order chi connectivity index (χ1) is 7.75. The molecular formula is C11H16ClN3S. The largest absolute Gasteiger partial charge is 0.370 e. The summed E-state index contributed by atoms with van der Waals surface area (Å²) in [6.45, 7) is 0. The summed E-state index contributed by atoms with van der Waals surface area (Å²) in [5, 5.41) is 7.55. The zero-order valence-corrected chi connectivity index (χ0v) is 10.7. The van der Waals surface area contributed by atoms with Crippen molar-refractivity contribution in [1.29, 1.82) is 0 Å². The average Bonchev–Trinajstić information content (AvgIpc) is 2.66. The number of hydrogen-bond donors (Lipinski definition) is 2. The highest BCUT2D eigenvalue weighted by molar-refractivity contribution is 7.09. The molecule has 0 aromatic carbocycles. The van der Waals surface area contributed by atoms with E-state index < -0.39 is 0 Å². The molecule has 16 heavy (non-hydrogen) atoms. The standard InChI is InChI=1S/C11H16ClN3S/c12-9-6-16-7-10(9)15-11(13)14-8-4-2-1-3-5-8/h6-8H,1-5H2,(H3,13,14,15). The van der Waals surface area contributed by atoms with Crippen molar-refractivity contribution in [2.45, 2.75) is 38.1 Å². The van der Waals surface area contributed by atoms with E-state index in [0.29, 0.717) is 17.0 Å². The molecule has 0 unspecified atom stereocenters. The van der Waals surface area contributed by atoms with Crippen LogP contribution >= 0.6 is 22.9 Å². The molecule has 0 radical (unpaired) electrons. The van der Waals surface area contributed by atoms with Gasteiger partial charge in [-0.3, -0.25) is 0 Å². The first-order valence-corrected chi connectivity index (χ1v) is 6.90. The van der Waals surface area contributed by atoms with Gasteiger partial charge in [0, 0.05) is 10.8 Å². The van der Waals surface area contributed by atoms with Gasteiger partial charge in [-0.1, -0.05) is 30.9 Å². The summed E-state index contributed by atoms with van der Waals surface area (Å²) in [5.41, 5.74) is 6.70. The Hall–Kier alpha value is -0.740. The van der Waals surface area contributed by atoms with Gasteiger partial charge < -0.3 is 11.1 Å². The second kappa shape index (κ2) is 5.55. The number of rotatable bonds is 2. The Kier molecular flexibility index (Phi) is 4.07. The highest BCUT2D eigenvalue weighted by Gasteiger charge is 2.12. The number of nitrogens with two attached hydrogens (primary N) is 1. The molecule has 1 aromatic heterocycles. The molecule has 0 aliphatic heterocycles. The molecule has 88 valence electrons. The van der Waals surface area contributed by atoms with E-state index in [9.17, 15) is 0 Å². The lowest BCUT2D eigenvalue weighted by Crippen LogP contribution is -2.25. The van der Waals surface area contributed by atoms with Gasteiger partial charge in [0.05, 0.1) is 16.8 Å². The van der Waals surface area contributed by atoms with Crippen LogP contribution in [0.5, 0.6) is 0 Å². The molecule has 2 rings (SSSR count).